The minimum absolute atomic E-state index is 0.0500. The van der Waals surface area contributed by atoms with Crippen molar-refractivity contribution in [1.82, 2.24) is 15.0 Å². The first-order valence-electron chi connectivity index (χ1n) is 18.9. The van der Waals surface area contributed by atoms with Gasteiger partial charge >= 0.3 is 0 Å². The number of rotatable bonds is 4. The summed E-state index contributed by atoms with van der Waals surface area (Å²) in [5.74, 6) is 2.09. The third-order valence-corrected chi connectivity index (χ3v) is 13.4. The molecular weight excluding hydrogens is 687 g/mol. The van der Waals surface area contributed by atoms with Crippen molar-refractivity contribution < 1.29 is 0 Å². The van der Waals surface area contributed by atoms with Crippen molar-refractivity contribution in [2.24, 2.45) is 5.92 Å². The standard InChI is InChI=1S/C51H35N3S/c1-50-43(49-53-47(35-17-6-3-7-18-35)52-48(54-49)36-29-27-34(28-30-36)33-15-4-2-5-16-33)24-14-26-46(50)51(42-23-12-13-25-45(42)55-50)41-22-11-10-21-39(41)40-31-37-19-8-9-20-38(37)32-44(40)51/h2-32,46H,1H3/t46?,50-,51?/m0/s1. The van der Waals surface area contributed by atoms with Crippen molar-refractivity contribution in [1.29, 1.82) is 0 Å². The van der Waals surface area contributed by atoms with Crippen LogP contribution >= 0.6 is 11.8 Å². The molecule has 7 aromatic carbocycles. The lowest BCUT2D eigenvalue weighted by Crippen LogP contribution is -2.51. The molecule has 3 nitrogen and oxygen atoms in total. The summed E-state index contributed by atoms with van der Waals surface area (Å²) in [5.41, 5.74) is 11.6. The van der Waals surface area contributed by atoms with Crippen LogP contribution in [0, 0.1) is 5.92 Å². The first kappa shape index (κ1) is 32.1. The van der Waals surface area contributed by atoms with E-state index in [1.165, 1.54) is 49.0 Å². The van der Waals surface area contributed by atoms with Gasteiger partial charge in [0.25, 0.3) is 0 Å². The maximum Gasteiger partial charge on any atom is 0.164 e. The monoisotopic (exact) mass is 721 g/mol. The zero-order chi connectivity index (χ0) is 36.6. The molecule has 8 aromatic rings. The average Bonchev–Trinajstić information content (AvgIpc) is 3.52. The van der Waals surface area contributed by atoms with Gasteiger partial charge in [-0.15, -0.1) is 11.8 Å². The summed E-state index contributed by atoms with van der Waals surface area (Å²) in [7, 11) is 0. The summed E-state index contributed by atoms with van der Waals surface area (Å²) in [6.07, 6.45) is 6.95. The highest BCUT2D eigenvalue weighted by atomic mass is 32.2. The fraction of sp³-hybridized carbons (Fsp3) is 0.0784. The number of hydrogen-bond acceptors (Lipinski definition) is 4. The second kappa shape index (κ2) is 12.3. The van der Waals surface area contributed by atoms with Crippen LogP contribution in [0.25, 0.3) is 61.4 Å². The molecule has 2 unspecified atom stereocenters. The molecule has 0 amide bonds. The largest absolute Gasteiger partial charge is 0.208 e. The van der Waals surface area contributed by atoms with E-state index in [0.29, 0.717) is 17.5 Å². The maximum absolute atomic E-state index is 5.35. The highest BCUT2D eigenvalue weighted by molar-refractivity contribution is 8.01. The Morgan fingerprint density at radius 1 is 0.473 bits per heavy atom. The summed E-state index contributed by atoms with van der Waals surface area (Å²) < 4.78 is -0.437. The van der Waals surface area contributed by atoms with E-state index in [1.54, 1.807) is 0 Å². The summed E-state index contributed by atoms with van der Waals surface area (Å²) in [4.78, 5) is 17.1. The number of benzene rings is 7. The Balaban J connectivity index is 1.13. The molecule has 260 valence electrons. The molecule has 0 radical (unpaired) electrons. The van der Waals surface area contributed by atoms with Gasteiger partial charge in [0, 0.05) is 27.5 Å². The quantitative estimate of drug-likeness (QED) is 0.181. The summed E-state index contributed by atoms with van der Waals surface area (Å²) in [6.45, 7) is 2.41. The van der Waals surface area contributed by atoms with Gasteiger partial charge < -0.3 is 0 Å². The Hall–Kier alpha value is -6.36. The first-order chi connectivity index (χ1) is 27.1. The van der Waals surface area contributed by atoms with Crippen molar-refractivity contribution in [3.05, 3.63) is 211 Å². The van der Waals surface area contributed by atoms with Crippen LogP contribution in [0.1, 0.15) is 29.4 Å². The molecule has 55 heavy (non-hydrogen) atoms. The second-order valence-corrected chi connectivity index (χ2v) is 16.4. The van der Waals surface area contributed by atoms with E-state index in [2.05, 4.69) is 171 Å². The Morgan fingerprint density at radius 2 is 1.02 bits per heavy atom. The van der Waals surface area contributed by atoms with Gasteiger partial charge in [-0.1, -0.05) is 170 Å². The molecule has 0 saturated heterocycles. The van der Waals surface area contributed by atoms with E-state index in [9.17, 15) is 0 Å². The van der Waals surface area contributed by atoms with Gasteiger partial charge in [-0.25, -0.2) is 15.0 Å². The highest BCUT2D eigenvalue weighted by Crippen LogP contribution is 2.68. The van der Waals surface area contributed by atoms with Crippen LogP contribution in [0.2, 0.25) is 0 Å². The normalized spacial score (nSPS) is 20.4. The predicted molar refractivity (Wildman–Crippen MR) is 227 cm³/mol. The molecule has 0 saturated carbocycles. The third kappa shape index (κ3) is 4.81. The molecule has 0 bridgehead atoms. The van der Waals surface area contributed by atoms with E-state index in [-0.39, 0.29) is 5.92 Å². The lowest BCUT2D eigenvalue weighted by atomic mass is 9.57. The number of fused-ring (bicyclic) bond motifs is 10. The zero-order valence-electron chi connectivity index (χ0n) is 30.2. The van der Waals surface area contributed by atoms with Gasteiger partial charge in [-0.05, 0) is 74.8 Å². The summed E-state index contributed by atoms with van der Waals surface area (Å²) in [6, 6.07) is 61.1. The fourth-order valence-corrected chi connectivity index (χ4v) is 11.0. The second-order valence-electron chi connectivity index (χ2n) is 14.9. The molecule has 1 aromatic heterocycles. The van der Waals surface area contributed by atoms with E-state index in [0.717, 1.165) is 22.3 Å². The molecule has 1 aliphatic heterocycles. The van der Waals surface area contributed by atoms with Gasteiger partial charge in [0.2, 0.25) is 0 Å². The van der Waals surface area contributed by atoms with Gasteiger partial charge in [-0.3, -0.25) is 0 Å². The maximum atomic E-state index is 5.35. The molecule has 11 rings (SSSR count). The predicted octanol–water partition coefficient (Wildman–Crippen LogP) is 12.5. The SMILES string of the molecule is C[C@@]12Sc3ccccc3C3(c4ccccc4-c4cc5ccccc5cc43)C1C=CC=C2c1nc(-c2ccccc2)nc(-c2ccc(-c3ccccc3)cc2)n1. The smallest absolute Gasteiger partial charge is 0.164 e. The zero-order valence-corrected chi connectivity index (χ0v) is 31.0. The van der Waals surface area contributed by atoms with Crippen molar-refractivity contribution in [2.45, 2.75) is 22.0 Å². The van der Waals surface area contributed by atoms with Crippen LogP contribution in [0.15, 0.2) is 193 Å². The van der Waals surface area contributed by atoms with Gasteiger partial charge in [0.05, 0.1) is 10.2 Å². The van der Waals surface area contributed by atoms with Crippen molar-refractivity contribution in [3.8, 4) is 45.0 Å². The number of hydrogen-bond donors (Lipinski definition) is 0. The van der Waals surface area contributed by atoms with E-state index in [1.807, 2.05) is 36.0 Å². The van der Waals surface area contributed by atoms with Gasteiger partial charge in [0.15, 0.2) is 17.5 Å². The third-order valence-electron chi connectivity index (χ3n) is 11.9. The topological polar surface area (TPSA) is 38.7 Å². The molecule has 3 aliphatic rings. The Morgan fingerprint density at radius 3 is 1.76 bits per heavy atom. The van der Waals surface area contributed by atoms with Crippen LogP contribution in [-0.4, -0.2) is 19.7 Å². The molecule has 4 heteroatoms. The Kier molecular flexibility index (Phi) is 7.20. The highest BCUT2D eigenvalue weighted by Gasteiger charge is 2.61. The van der Waals surface area contributed by atoms with Crippen LogP contribution in [0.4, 0.5) is 0 Å². The lowest BCUT2D eigenvalue weighted by Gasteiger charge is -2.54. The number of nitrogens with zero attached hydrogens (tertiary/aromatic N) is 3. The molecule has 2 heterocycles. The lowest BCUT2D eigenvalue weighted by molar-refractivity contribution is 0.393. The minimum atomic E-state index is -0.437. The average molecular weight is 722 g/mol. The van der Waals surface area contributed by atoms with Crippen LogP contribution < -0.4 is 0 Å². The molecule has 2 aliphatic carbocycles. The van der Waals surface area contributed by atoms with E-state index >= 15 is 0 Å². The minimum Gasteiger partial charge on any atom is -0.208 e. The van der Waals surface area contributed by atoms with Crippen molar-refractivity contribution in [3.63, 3.8) is 0 Å². The fourth-order valence-electron chi connectivity index (χ4n) is 9.44. The van der Waals surface area contributed by atoms with Gasteiger partial charge in [-0.2, -0.15) is 0 Å². The first-order valence-corrected chi connectivity index (χ1v) is 19.7. The summed E-state index contributed by atoms with van der Waals surface area (Å²) in [5, 5.41) is 2.52. The number of thioether (sulfide) groups is 1. The van der Waals surface area contributed by atoms with Crippen molar-refractivity contribution >= 4 is 28.1 Å². The van der Waals surface area contributed by atoms with E-state index in [4.69, 9.17) is 15.0 Å². The van der Waals surface area contributed by atoms with Crippen LogP contribution in [-0.2, 0) is 5.41 Å². The molecule has 1 spiro atoms. The van der Waals surface area contributed by atoms with Gasteiger partial charge in [0.1, 0.15) is 0 Å². The molecule has 0 fully saturated rings. The van der Waals surface area contributed by atoms with E-state index < -0.39 is 10.2 Å². The molecular formula is C51H35N3S. The molecule has 3 atom stereocenters. The van der Waals surface area contributed by atoms with Crippen molar-refractivity contribution in [2.75, 3.05) is 0 Å². The molecule has 0 N–H and O–H groups in total. The Labute approximate surface area is 325 Å². The number of allylic oxidation sites excluding steroid dienone is 3. The number of aromatic nitrogens is 3. The summed E-state index contributed by atoms with van der Waals surface area (Å²) >= 11 is 1.94. The Bertz CT molecular complexity index is 2860. The van der Waals surface area contributed by atoms with Crippen LogP contribution in [0.3, 0.4) is 0 Å². The van der Waals surface area contributed by atoms with Crippen LogP contribution in [0.5, 0.6) is 0 Å².